The van der Waals surface area contributed by atoms with Crippen molar-refractivity contribution >= 4 is 0 Å². The number of aromatic amines is 5. The number of hydrogen-bond acceptors (Lipinski definition) is 9. The zero-order valence-corrected chi connectivity index (χ0v) is 12.9. The second-order valence-corrected chi connectivity index (χ2v) is 3.40. The molecule has 5 heterocycles. The fourth-order valence-corrected chi connectivity index (χ4v) is 0.893. The van der Waals surface area contributed by atoms with Crippen molar-refractivity contribution in [2.24, 2.45) is 0 Å². The number of nitrogens with one attached hydrogen (secondary N) is 5. The van der Waals surface area contributed by atoms with E-state index in [9.17, 15) is 0 Å². The van der Waals surface area contributed by atoms with E-state index in [-0.39, 0.29) is 0 Å². The molecule has 0 aliphatic carbocycles. The van der Waals surface area contributed by atoms with E-state index in [1.807, 2.05) is 6.07 Å². The molecule has 0 aliphatic rings. The molecule has 14 heteroatoms. The van der Waals surface area contributed by atoms with Gasteiger partial charge < -0.3 is 4.98 Å². The van der Waals surface area contributed by atoms with Gasteiger partial charge in [-0.3, -0.25) is 10.2 Å². The van der Waals surface area contributed by atoms with Gasteiger partial charge in [-0.25, -0.2) is 9.97 Å². The summed E-state index contributed by atoms with van der Waals surface area (Å²) >= 11 is 0. The Morgan fingerprint density at radius 1 is 0.600 bits per heavy atom. The second-order valence-electron chi connectivity index (χ2n) is 3.40. The maximum Gasteiger partial charge on any atom is 0.161 e. The van der Waals surface area contributed by atoms with Crippen molar-refractivity contribution < 1.29 is 0 Å². The third-order valence-electron chi connectivity index (χ3n) is 1.74. The molecule has 0 fully saturated rings. The molecule has 0 amide bonds. The van der Waals surface area contributed by atoms with Crippen LogP contribution in [0.5, 0.6) is 0 Å². The molecule has 25 heavy (non-hydrogen) atoms. The average molecular weight is 344 g/mol. The Kier molecular flexibility index (Phi) is 12.2. The van der Waals surface area contributed by atoms with Crippen molar-refractivity contribution in [1.29, 1.82) is 0 Å². The summed E-state index contributed by atoms with van der Waals surface area (Å²) in [6, 6.07) is 1.83. The van der Waals surface area contributed by atoms with Gasteiger partial charge in [0.05, 0.1) is 18.7 Å². The minimum atomic E-state index is 1.33. The Hall–Kier alpha value is -4.23. The Morgan fingerprint density at radius 2 is 1.52 bits per heavy atom. The average Bonchev–Trinajstić information content (AvgIpc) is 3.55. The summed E-state index contributed by atoms with van der Waals surface area (Å²) in [5.41, 5.74) is 0. The van der Waals surface area contributed by atoms with Crippen LogP contribution in [0.2, 0.25) is 0 Å². The van der Waals surface area contributed by atoms with Crippen molar-refractivity contribution in [2.75, 3.05) is 0 Å². The lowest BCUT2D eigenvalue weighted by molar-refractivity contribution is 0.881. The van der Waals surface area contributed by atoms with Gasteiger partial charge in [-0.1, -0.05) is 5.21 Å². The fourth-order valence-electron chi connectivity index (χ4n) is 0.893. The quantitative estimate of drug-likeness (QED) is 0.249. The normalized spacial score (nSPS) is 8.00. The molecule has 0 aromatic carbocycles. The Balaban J connectivity index is 0.000000156. The lowest BCUT2D eigenvalue weighted by Gasteiger charge is -1.49. The topological polar surface area (TPSA) is 195 Å². The lowest BCUT2D eigenvalue weighted by atomic mass is 10.8. The maximum atomic E-state index is 3.67. The largest absolute Gasteiger partial charge is 0.351 e. The van der Waals surface area contributed by atoms with E-state index in [2.05, 4.69) is 71.4 Å². The molecule has 0 radical (unpaired) electrons. The molecule has 0 atom stereocenters. The molecular weight excluding hydrogens is 328 g/mol. The molecule has 0 spiro atoms. The van der Waals surface area contributed by atoms with Gasteiger partial charge in [0.25, 0.3) is 0 Å². The van der Waals surface area contributed by atoms with Gasteiger partial charge in [-0.15, -0.1) is 10.2 Å². The molecule has 0 aliphatic heterocycles. The second kappa shape index (κ2) is 16.1. The third kappa shape index (κ3) is 14.5. The minimum absolute atomic E-state index is 1.33. The molecule has 5 rings (SSSR count). The van der Waals surface area contributed by atoms with E-state index in [1.54, 1.807) is 43.5 Å². The predicted molar refractivity (Wildman–Crippen MR) is 84.1 cm³/mol. The van der Waals surface area contributed by atoms with Crippen LogP contribution in [0.25, 0.3) is 0 Å². The van der Waals surface area contributed by atoms with E-state index in [0.29, 0.717) is 0 Å². The zero-order valence-electron chi connectivity index (χ0n) is 12.9. The number of nitrogens with zero attached hydrogens (tertiary/aromatic N) is 9. The molecule has 130 valence electrons. The predicted octanol–water partition coefficient (Wildman–Crippen LogP) is -0.371. The highest BCUT2D eigenvalue weighted by Crippen LogP contribution is 1.64. The van der Waals surface area contributed by atoms with Gasteiger partial charge >= 0.3 is 0 Å². The first-order chi connectivity index (χ1) is 12.5. The van der Waals surface area contributed by atoms with Gasteiger partial charge in [0, 0.05) is 24.8 Å². The minimum Gasteiger partial charge on any atom is -0.351 e. The summed E-state index contributed by atoms with van der Waals surface area (Å²) in [5, 5.41) is 33.7. The lowest BCUT2D eigenvalue weighted by Crippen LogP contribution is -1.64. The van der Waals surface area contributed by atoms with Crippen LogP contribution in [0, 0.1) is 0 Å². The number of tetrazole rings is 1. The number of aromatic nitrogens is 14. The van der Waals surface area contributed by atoms with Gasteiger partial charge in [0.15, 0.2) is 6.33 Å². The van der Waals surface area contributed by atoms with Gasteiger partial charge in [0.2, 0.25) is 0 Å². The first-order valence-electron chi connectivity index (χ1n) is 6.61. The van der Waals surface area contributed by atoms with Crippen molar-refractivity contribution in [1.82, 2.24) is 71.4 Å². The Bertz CT molecular complexity index is 460. The van der Waals surface area contributed by atoms with Gasteiger partial charge in [0.1, 0.15) is 12.7 Å². The molecule has 5 aromatic heterocycles. The standard InChI is InChI=1S/2C3H4N2.2C2H3N3.CH2N4/c1-2-5-3-4-1;1-2-4-5-3-1;1-3-2-5-4-1;2*1-2-4-5-3-1/h2*1-3H,(H,4,5);2*1-2H,(H,3,4,5);1H,(H,2,3,4,5). The first-order valence-corrected chi connectivity index (χ1v) is 6.61. The number of H-pyrrole nitrogens is 5. The number of rotatable bonds is 0. The highest BCUT2D eigenvalue weighted by Gasteiger charge is 1.59. The molecule has 0 saturated heterocycles. The highest BCUT2D eigenvalue weighted by molar-refractivity contribution is 4.72. The summed E-state index contributed by atoms with van der Waals surface area (Å²) in [4.78, 5) is 9.97. The summed E-state index contributed by atoms with van der Waals surface area (Å²) in [6.45, 7) is 0. The molecule has 0 saturated carbocycles. The monoisotopic (exact) mass is 344 g/mol. The molecular formula is C11H16N14. The summed E-state index contributed by atoms with van der Waals surface area (Å²) in [7, 11) is 0. The Morgan fingerprint density at radius 3 is 1.72 bits per heavy atom. The van der Waals surface area contributed by atoms with Crippen LogP contribution in [-0.4, -0.2) is 71.4 Å². The van der Waals surface area contributed by atoms with Crippen LogP contribution in [-0.2, 0) is 0 Å². The van der Waals surface area contributed by atoms with Crippen LogP contribution in [0.4, 0.5) is 0 Å². The van der Waals surface area contributed by atoms with E-state index in [4.69, 9.17) is 0 Å². The van der Waals surface area contributed by atoms with Crippen LogP contribution in [0.15, 0.2) is 68.6 Å². The summed E-state index contributed by atoms with van der Waals surface area (Å²) < 4.78 is 0. The van der Waals surface area contributed by atoms with E-state index < -0.39 is 0 Å². The molecule has 14 nitrogen and oxygen atoms in total. The highest BCUT2D eigenvalue weighted by atomic mass is 15.5. The van der Waals surface area contributed by atoms with Crippen LogP contribution >= 0.6 is 0 Å². The smallest absolute Gasteiger partial charge is 0.161 e. The van der Waals surface area contributed by atoms with Crippen LogP contribution in [0.3, 0.4) is 0 Å². The van der Waals surface area contributed by atoms with Gasteiger partial charge in [-0.05, 0) is 6.07 Å². The summed E-state index contributed by atoms with van der Waals surface area (Å²) in [6.07, 6.45) is 16.0. The molecule has 0 bridgehead atoms. The molecule has 5 aromatic rings. The third-order valence-corrected chi connectivity index (χ3v) is 1.74. The Labute approximate surface area is 140 Å². The van der Waals surface area contributed by atoms with Crippen molar-refractivity contribution in [3.63, 3.8) is 0 Å². The van der Waals surface area contributed by atoms with Crippen molar-refractivity contribution in [2.45, 2.75) is 0 Å². The molecule has 0 unspecified atom stereocenters. The van der Waals surface area contributed by atoms with Crippen molar-refractivity contribution in [3.8, 4) is 0 Å². The first kappa shape index (κ1) is 18.8. The zero-order chi connectivity index (χ0) is 17.7. The molecule has 5 N–H and O–H groups in total. The van der Waals surface area contributed by atoms with E-state index in [0.717, 1.165) is 0 Å². The van der Waals surface area contributed by atoms with E-state index in [1.165, 1.54) is 19.0 Å². The SMILES string of the molecule is c1c[nH]cn1.c1cn[nH]c1.c1cn[nH]n1.c1nc[nH]n1.c1nn[nH]n1. The maximum absolute atomic E-state index is 3.67. The van der Waals surface area contributed by atoms with Crippen LogP contribution < -0.4 is 0 Å². The fraction of sp³-hybridized carbons (Fsp3) is 0. The summed E-state index contributed by atoms with van der Waals surface area (Å²) in [5.74, 6) is 0. The number of imidazole rings is 1. The van der Waals surface area contributed by atoms with Crippen LogP contribution in [0.1, 0.15) is 0 Å². The van der Waals surface area contributed by atoms with Crippen molar-refractivity contribution in [3.05, 3.63) is 68.6 Å². The number of hydrogen-bond donors (Lipinski definition) is 5. The van der Waals surface area contributed by atoms with Gasteiger partial charge in [-0.2, -0.15) is 30.8 Å². The van der Waals surface area contributed by atoms with E-state index >= 15 is 0 Å².